The standard InChI is InChI=1S/C19H18O4/c1-11-5-8-16-15(9-11)12(2)18(19(20)23-16)14-7-6-13(21-3)10-17(14)22-4/h5-10H,1-4H3. The van der Waals surface area contributed by atoms with Gasteiger partial charge in [0.15, 0.2) is 0 Å². The Morgan fingerprint density at radius 3 is 2.43 bits per heavy atom. The predicted molar refractivity (Wildman–Crippen MR) is 90.5 cm³/mol. The van der Waals surface area contributed by atoms with Crippen molar-refractivity contribution in [3.05, 3.63) is 57.9 Å². The van der Waals surface area contributed by atoms with Gasteiger partial charge in [0.25, 0.3) is 0 Å². The molecule has 2 aromatic carbocycles. The lowest BCUT2D eigenvalue weighted by Gasteiger charge is -2.13. The highest BCUT2D eigenvalue weighted by Crippen LogP contribution is 2.35. The Morgan fingerprint density at radius 2 is 1.74 bits per heavy atom. The van der Waals surface area contributed by atoms with Crippen LogP contribution >= 0.6 is 0 Å². The van der Waals surface area contributed by atoms with Gasteiger partial charge in [-0.2, -0.15) is 0 Å². The van der Waals surface area contributed by atoms with E-state index in [4.69, 9.17) is 13.9 Å². The van der Waals surface area contributed by atoms with Gasteiger partial charge in [-0.15, -0.1) is 0 Å². The molecule has 4 nitrogen and oxygen atoms in total. The van der Waals surface area contributed by atoms with Crippen LogP contribution in [0, 0.1) is 13.8 Å². The second-order valence-corrected chi connectivity index (χ2v) is 5.46. The summed E-state index contributed by atoms with van der Waals surface area (Å²) in [6.45, 7) is 3.94. The number of benzene rings is 2. The van der Waals surface area contributed by atoms with Crippen LogP contribution in [-0.2, 0) is 0 Å². The highest BCUT2D eigenvalue weighted by molar-refractivity contribution is 5.88. The number of aryl methyl sites for hydroxylation is 2. The third-order valence-electron chi connectivity index (χ3n) is 4.00. The van der Waals surface area contributed by atoms with Gasteiger partial charge in [0.05, 0.1) is 19.8 Å². The minimum absolute atomic E-state index is 0.373. The van der Waals surface area contributed by atoms with Gasteiger partial charge in [-0.1, -0.05) is 11.6 Å². The minimum Gasteiger partial charge on any atom is -0.497 e. The summed E-state index contributed by atoms with van der Waals surface area (Å²) in [5.74, 6) is 1.25. The van der Waals surface area contributed by atoms with Crippen LogP contribution in [0.15, 0.2) is 45.6 Å². The van der Waals surface area contributed by atoms with Crippen LogP contribution in [0.4, 0.5) is 0 Å². The van der Waals surface area contributed by atoms with E-state index in [0.717, 1.165) is 16.5 Å². The highest BCUT2D eigenvalue weighted by atomic mass is 16.5. The maximum atomic E-state index is 12.5. The molecule has 0 unspecified atom stereocenters. The Labute approximate surface area is 134 Å². The number of fused-ring (bicyclic) bond motifs is 1. The van der Waals surface area contributed by atoms with E-state index < -0.39 is 0 Å². The first-order valence-electron chi connectivity index (χ1n) is 7.31. The van der Waals surface area contributed by atoms with Crippen molar-refractivity contribution in [3.8, 4) is 22.6 Å². The Morgan fingerprint density at radius 1 is 0.957 bits per heavy atom. The number of hydrogen-bond acceptors (Lipinski definition) is 4. The minimum atomic E-state index is -0.373. The Bertz CT molecular complexity index is 938. The van der Waals surface area contributed by atoms with Crippen LogP contribution in [0.25, 0.3) is 22.1 Å². The number of hydrogen-bond donors (Lipinski definition) is 0. The monoisotopic (exact) mass is 310 g/mol. The lowest BCUT2D eigenvalue weighted by atomic mass is 9.98. The summed E-state index contributed by atoms with van der Waals surface area (Å²) in [4.78, 5) is 12.5. The SMILES string of the molecule is COc1ccc(-c2c(C)c3cc(C)ccc3oc2=O)c(OC)c1. The molecule has 0 N–H and O–H groups in total. The molecule has 23 heavy (non-hydrogen) atoms. The molecule has 1 aromatic heterocycles. The van der Waals surface area contributed by atoms with Gasteiger partial charge in [-0.3, -0.25) is 0 Å². The fourth-order valence-corrected chi connectivity index (χ4v) is 2.78. The van der Waals surface area contributed by atoms with Gasteiger partial charge < -0.3 is 13.9 Å². The molecule has 0 amide bonds. The van der Waals surface area contributed by atoms with E-state index in [0.29, 0.717) is 28.2 Å². The van der Waals surface area contributed by atoms with Crippen molar-refractivity contribution in [2.75, 3.05) is 14.2 Å². The molecule has 3 aromatic rings. The number of methoxy groups -OCH3 is 2. The summed E-state index contributed by atoms with van der Waals surface area (Å²) in [7, 11) is 3.16. The first-order valence-corrected chi connectivity index (χ1v) is 7.31. The second kappa shape index (κ2) is 5.80. The van der Waals surface area contributed by atoms with Crippen molar-refractivity contribution >= 4 is 11.0 Å². The summed E-state index contributed by atoms with van der Waals surface area (Å²) < 4.78 is 16.1. The molecule has 0 atom stereocenters. The zero-order valence-corrected chi connectivity index (χ0v) is 13.6. The predicted octanol–water partition coefficient (Wildman–Crippen LogP) is 4.09. The van der Waals surface area contributed by atoms with Crippen LogP contribution in [0.2, 0.25) is 0 Å². The van der Waals surface area contributed by atoms with Gasteiger partial charge in [-0.05, 0) is 43.7 Å². The van der Waals surface area contributed by atoms with Gasteiger partial charge in [0, 0.05) is 17.0 Å². The molecule has 0 saturated heterocycles. The molecule has 0 bridgehead atoms. The normalized spacial score (nSPS) is 10.8. The molecule has 0 saturated carbocycles. The van der Waals surface area contributed by atoms with Crippen LogP contribution in [-0.4, -0.2) is 14.2 Å². The Kier molecular flexibility index (Phi) is 3.82. The molecule has 3 rings (SSSR count). The van der Waals surface area contributed by atoms with Crippen molar-refractivity contribution in [1.82, 2.24) is 0 Å². The molecule has 0 radical (unpaired) electrons. The van der Waals surface area contributed by atoms with Crippen LogP contribution in [0.1, 0.15) is 11.1 Å². The average molecular weight is 310 g/mol. The lowest BCUT2D eigenvalue weighted by molar-refractivity contribution is 0.395. The fraction of sp³-hybridized carbons (Fsp3) is 0.211. The van der Waals surface area contributed by atoms with Crippen molar-refractivity contribution in [2.24, 2.45) is 0 Å². The molecule has 1 heterocycles. The maximum Gasteiger partial charge on any atom is 0.344 e. The fourth-order valence-electron chi connectivity index (χ4n) is 2.78. The molecule has 4 heteroatoms. The lowest BCUT2D eigenvalue weighted by Crippen LogP contribution is -2.07. The van der Waals surface area contributed by atoms with Gasteiger partial charge in [0.1, 0.15) is 17.1 Å². The molecular formula is C19H18O4. The molecule has 0 aliphatic heterocycles. The summed E-state index contributed by atoms with van der Waals surface area (Å²) in [6, 6.07) is 11.2. The summed E-state index contributed by atoms with van der Waals surface area (Å²) in [5, 5.41) is 0.928. The number of rotatable bonds is 3. The quantitative estimate of drug-likeness (QED) is 0.684. The van der Waals surface area contributed by atoms with Crippen molar-refractivity contribution in [3.63, 3.8) is 0 Å². The second-order valence-electron chi connectivity index (χ2n) is 5.46. The number of ether oxygens (including phenoxy) is 2. The van der Waals surface area contributed by atoms with E-state index in [1.165, 1.54) is 0 Å². The molecular weight excluding hydrogens is 292 g/mol. The van der Waals surface area contributed by atoms with E-state index in [1.54, 1.807) is 26.4 Å². The molecule has 118 valence electrons. The summed E-state index contributed by atoms with van der Waals surface area (Å²) in [6.07, 6.45) is 0. The van der Waals surface area contributed by atoms with Crippen molar-refractivity contribution in [1.29, 1.82) is 0 Å². The smallest absolute Gasteiger partial charge is 0.344 e. The maximum absolute atomic E-state index is 12.5. The summed E-state index contributed by atoms with van der Waals surface area (Å²) in [5.41, 5.74) is 3.42. The van der Waals surface area contributed by atoms with Crippen LogP contribution < -0.4 is 15.1 Å². The molecule has 0 spiro atoms. The third-order valence-corrected chi connectivity index (χ3v) is 4.00. The molecule has 0 aliphatic carbocycles. The first kappa shape index (κ1) is 15.2. The first-order chi connectivity index (χ1) is 11.0. The van der Waals surface area contributed by atoms with E-state index >= 15 is 0 Å². The Hall–Kier alpha value is -2.75. The van der Waals surface area contributed by atoms with Gasteiger partial charge >= 0.3 is 5.63 Å². The van der Waals surface area contributed by atoms with Crippen LogP contribution in [0.5, 0.6) is 11.5 Å². The zero-order chi connectivity index (χ0) is 16.6. The van der Waals surface area contributed by atoms with Crippen LogP contribution in [0.3, 0.4) is 0 Å². The van der Waals surface area contributed by atoms with E-state index in [2.05, 4.69) is 0 Å². The largest absolute Gasteiger partial charge is 0.497 e. The molecule has 0 fully saturated rings. The molecule has 0 aliphatic rings. The van der Waals surface area contributed by atoms with Gasteiger partial charge in [-0.25, -0.2) is 4.79 Å². The van der Waals surface area contributed by atoms with Gasteiger partial charge in [0.2, 0.25) is 0 Å². The highest BCUT2D eigenvalue weighted by Gasteiger charge is 2.17. The topological polar surface area (TPSA) is 48.7 Å². The average Bonchev–Trinajstić information content (AvgIpc) is 2.56. The summed E-state index contributed by atoms with van der Waals surface area (Å²) >= 11 is 0. The third kappa shape index (κ3) is 2.57. The van der Waals surface area contributed by atoms with E-state index in [1.807, 2.05) is 38.1 Å². The van der Waals surface area contributed by atoms with E-state index in [9.17, 15) is 4.79 Å². The zero-order valence-electron chi connectivity index (χ0n) is 13.6. The van der Waals surface area contributed by atoms with Crippen molar-refractivity contribution < 1.29 is 13.9 Å². The Balaban J connectivity index is 2.34. The van der Waals surface area contributed by atoms with E-state index in [-0.39, 0.29) is 5.63 Å². The van der Waals surface area contributed by atoms with Crippen molar-refractivity contribution in [2.45, 2.75) is 13.8 Å².